The Balaban J connectivity index is 1.83. The van der Waals surface area contributed by atoms with Crippen molar-refractivity contribution in [2.75, 3.05) is 0 Å². The number of nitrogens with zero attached hydrogens (tertiary/aromatic N) is 3. The molecule has 24 heavy (non-hydrogen) atoms. The van der Waals surface area contributed by atoms with Crippen molar-refractivity contribution in [1.82, 2.24) is 15.4 Å². The van der Waals surface area contributed by atoms with Crippen LogP contribution in [0.2, 0.25) is 0 Å². The third-order valence-corrected chi connectivity index (χ3v) is 3.21. The molecule has 0 aliphatic heterocycles. The number of hydrogen-bond donors (Lipinski definition) is 1. The van der Waals surface area contributed by atoms with E-state index < -0.39 is 23.2 Å². The van der Waals surface area contributed by atoms with Gasteiger partial charge in [0.1, 0.15) is 24.2 Å². The summed E-state index contributed by atoms with van der Waals surface area (Å²) in [6, 6.07) is 9.73. The second-order valence-electron chi connectivity index (χ2n) is 4.83. The molecule has 3 aromatic rings. The Morgan fingerprint density at radius 3 is 2.58 bits per heavy atom. The Kier molecular flexibility index (Phi) is 4.16. The Labute approximate surface area is 134 Å². The van der Waals surface area contributed by atoms with Crippen LogP contribution < -0.4 is 4.74 Å². The quantitative estimate of drug-likeness (QED) is 0.796. The van der Waals surface area contributed by atoms with Crippen molar-refractivity contribution < 1.29 is 17.9 Å². The fraction of sp³-hybridized carbons (Fsp3) is 0.0625. The molecule has 1 N–H and O–H groups in total. The lowest BCUT2D eigenvalue weighted by atomic mass is 10.1. The fourth-order valence-corrected chi connectivity index (χ4v) is 2.14. The van der Waals surface area contributed by atoms with Gasteiger partial charge in [0, 0.05) is 17.7 Å². The maximum atomic E-state index is 13.6. The molecule has 0 spiro atoms. The lowest BCUT2D eigenvalue weighted by molar-refractivity contribution is 0.272. The summed E-state index contributed by atoms with van der Waals surface area (Å²) in [6.07, 6.45) is 0. The van der Waals surface area contributed by atoms with Crippen LogP contribution >= 0.6 is 0 Å². The maximum absolute atomic E-state index is 13.6. The highest BCUT2D eigenvalue weighted by Crippen LogP contribution is 2.25. The van der Waals surface area contributed by atoms with Crippen LogP contribution in [0, 0.1) is 28.8 Å². The third kappa shape index (κ3) is 3.05. The number of ether oxygens (including phenoxy) is 1. The molecule has 8 heteroatoms. The van der Waals surface area contributed by atoms with Gasteiger partial charge in [0.05, 0.1) is 0 Å². The number of aromatic amines is 1. The van der Waals surface area contributed by atoms with Crippen LogP contribution in [0.15, 0.2) is 36.4 Å². The molecule has 2 aromatic carbocycles. The molecule has 0 aliphatic carbocycles. The van der Waals surface area contributed by atoms with E-state index in [1.165, 1.54) is 0 Å². The zero-order chi connectivity index (χ0) is 17.1. The smallest absolute Gasteiger partial charge is 0.191 e. The predicted molar refractivity (Wildman–Crippen MR) is 77.2 cm³/mol. The highest BCUT2D eigenvalue weighted by atomic mass is 19.1. The molecule has 120 valence electrons. The van der Waals surface area contributed by atoms with E-state index in [1.54, 1.807) is 24.3 Å². The lowest BCUT2D eigenvalue weighted by Crippen LogP contribution is -2.01. The summed E-state index contributed by atoms with van der Waals surface area (Å²) in [5, 5.41) is 18.8. The monoisotopic (exact) mass is 330 g/mol. The summed E-state index contributed by atoms with van der Waals surface area (Å²) in [5.41, 5.74) is 1.74. The van der Waals surface area contributed by atoms with Crippen LogP contribution in [0.5, 0.6) is 5.75 Å². The maximum Gasteiger partial charge on any atom is 0.191 e. The van der Waals surface area contributed by atoms with E-state index in [4.69, 9.17) is 10.00 Å². The molecule has 0 fully saturated rings. The molecule has 0 radical (unpaired) electrons. The summed E-state index contributed by atoms with van der Waals surface area (Å²) < 4.78 is 45.1. The molecule has 1 heterocycles. The van der Waals surface area contributed by atoms with Gasteiger partial charge in [-0.05, 0) is 11.6 Å². The highest BCUT2D eigenvalue weighted by molar-refractivity contribution is 5.64. The summed E-state index contributed by atoms with van der Waals surface area (Å²) >= 11 is 0. The van der Waals surface area contributed by atoms with E-state index >= 15 is 0 Å². The van der Waals surface area contributed by atoms with Crippen LogP contribution in [0.3, 0.4) is 0 Å². The average Bonchev–Trinajstić information content (AvgIpc) is 3.03. The van der Waals surface area contributed by atoms with E-state index in [9.17, 15) is 13.2 Å². The first-order chi connectivity index (χ1) is 11.6. The minimum atomic E-state index is -1.12. The van der Waals surface area contributed by atoms with Crippen molar-refractivity contribution in [2.45, 2.75) is 6.61 Å². The average molecular weight is 330 g/mol. The molecule has 0 aliphatic rings. The Bertz CT molecular complexity index is 910. The SMILES string of the molecule is N#Cc1[nH]nnc1-c1cccc(COc2c(F)cc(F)cc2F)c1. The van der Waals surface area contributed by atoms with Gasteiger partial charge in [0.15, 0.2) is 23.1 Å². The number of rotatable bonds is 4. The number of hydrogen-bond acceptors (Lipinski definition) is 4. The number of H-pyrrole nitrogens is 1. The minimum Gasteiger partial charge on any atom is -0.483 e. The van der Waals surface area contributed by atoms with E-state index in [0.29, 0.717) is 29.0 Å². The van der Waals surface area contributed by atoms with E-state index in [1.807, 2.05) is 6.07 Å². The zero-order valence-electron chi connectivity index (χ0n) is 12.1. The van der Waals surface area contributed by atoms with Gasteiger partial charge >= 0.3 is 0 Å². The number of nitrogens with one attached hydrogen (secondary N) is 1. The van der Waals surface area contributed by atoms with Crippen molar-refractivity contribution >= 4 is 0 Å². The predicted octanol–water partition coefficient (Wildman–Crippen LogP) is 3.34. The van der Waals surface area contributed by atoms with Crippen LogP contribution in [0.4, 0.5) is 13.2 Å². The van der Waals surface area contributed by atoms with Crippen molar-refractivity contribution in [1.29, 1.82) is 5.26 Å². The number of halogens is 3. The zero-order valence-corrected chi connectivity index (χ0v) is 12.1. The molecular weight excluding hydrogens is 321 g/mol. The van der Waals surface area contributed by atoms with Crippen LogP contribution in [0.1, 0.15) is 11.3 Å². The molecule has 0 saturated heterocycles. The van der Waals surface area contributed by atoms with Gasteiger partial charge in [0.2, 0.25) is 0 Å². The summed E-state index contributed by atoms with van der Waals surface area (Å²) in [7, 11) is 0. The van der Waals surface area contributed by atoms with Crippen molar-refractivity contribution in [3.63, 3.8) is 0 Å². The lowest BCUT2D eigenvalue weighted by Gasteiger charge is -2.09. The van der Waals surface area contributed by atoms with Gasteiger partial charge in [-0.3, -0.25) is 0 Å². The number of nitriles is 1. The molecule has 0 atom stereocenters. The molecule has 0 unspecified atom stereocenters. The minimum absolute atomic E-state index is 0.146. The second-order valence-corrected chi connectivity index (χ2v) is 4.83. The molecule has 0 bridgehead atoms. The van der Waals surface area contributed by atoms with E-state index in [2.05, 4.69) is 15.4 Å². The number of aromatic nitrogens is 3. The van der Waals surface area contributed by atoms with E-state index in [0.717, 1.165) is 0 Å². The fourth-order valence-electron chi connectivity index (χ4n) is 2.14. The van der Waals surface area contributed by atoms with Gasteiger partial charge in [-0.15, -0.1) is 5.10 Å². The van der Waals surface area contributed by atoms with Crippen molar-refractivity contribution in [3.8, 4) is 23.1 Å². The van der Waals surface area contributed by atoms with Crippen molar-refractivity contribution in [2.24, 2.45) is 0 Å². The summed E-state index contributed by atoms with van der Waals surface area (Å²) in [6.45, 7) is -0.146. The second kappa shape index (κ2) is 6.42. The Morgan fingerprint density at radius 1 is 1.12 bits per heavy atom. The first kappa shape index (κ1) is 15.6. The van der Waals surface area contributed by atoms with E-state index in [-0.39, 0.29) is 12.3 Å². The first-order valence-electron chi connectivity index (χ1n) is 6.76. The van der Waals surface area contributed by atoms with Crippen LogP contribution in [-0.4, -0.2) is 15.4 Å². The molecule has 5 nitrogen and oxygen atoms in total. The summed E-state index contributed by atoms with van der Waals surface area (Å²) in [5.74, 6) is -3.91. The first-order valence-corrected chi connectivity index (χ1v) is 6.76. The van der Waals surface area contributed by atoms with Crippen molar-refractivity contribution in [3.05, 3.63) is 65.1 Å². The highest BCUT2D eigenvalue weighted by Gasteiger charge is 2.14. The molecule has 0 amide bonds. The largest absolute Gasteiger partial charge is 0.483 e. The molecule has 3 rings (SSSR count). The van der Waals surface area contributed by atoms with Gasteiger partial charge in [-0.2, -0.15) is 5.26 Å². The van der Waals surface area contributed by atoms with Gasteiger partial charge < -0.3 is 4.74 Å². The van der Waals surface area contributed by atoms with Gasteiger partial charge in [0.25, 0.3) is 0 Å². The Morgan fingerprint density at radius 2 is 1.88 bits per heavy atom. The molecular formula is C16H9F3N4O. The topological polar surface area (TPSA) is 74.6 Å². The van der Waals surface area contributed by atoms with Crippen LogP contribution in [0.25, 0.3) is 11.3 Å². The molecule has 0 saturated carbocycles. The number of benzene rings is 2. The van der Waals surface area contributed by atoms with Gasteiger partial charge in [-0.1, -0.05) is 23.4 Å². The molecule has 1 aromatic heterocycles. The summed E-state index contributed by atoms with van der Waals surface area (Å²) in [4.78, 5) is 0. The third-order valence-electron chi connectivity index (χ3n) is 3.21. The normalized spacial score (nSPS) is 10.4. The Hall–Kier alpha value is -3.34. The van der Waals surface area contributed by atoms with Gasteiger partial charge in [-0.25, -0.2) is 18.3 Å². The van der Waals surface area contributed by atoms with Crippen LogP contribution in [-0.2, 0) is 6.61 Å². The standard InChI is InChI=1S/C16H9F3N4O/c17-11-5-12(18)16(13(19)6-11)24-8-9-2-1-3-10(4-9)15-14(7-20)21-23-22-15/h1-6H,8H2,(H,21,22,23).